The fraction of sp³-hybridized carbons (Fsp3) is 0.294. The molecule has 2 aromatic rings. The molecule has 0 N–H and O–H groups in total. The molecule has 0 radical (unpaired) electrons. The van der Waals surface area contributed by atoms with Gasteiger partial charge in [-0.05, 0) is 49.2 Å². The highest BCUT2D eigenvalue weighted by Crippen LogP contribution is 2.25. The number of likely N-dealkylation sites (tertiary alicyclic amines) is 1. The van der Waals surface area contributed by atoms with Crippen LogP contribution in [0.25, 0.3) is 0 Å². The number of piperidine rings is 1. The number of hydrogen-bond acceptors (Lipinski definition) is 4. The smallest absolute Gasteiger partial charge is 0.255 e. The van der Waals surface area contributed by atoms with Gasteiger partial charge in [0.25, 0.3) is 5.91 Å². The Morgan fingerprint density at radius 2 is 1.96 bits per heavy atom. The molecule has 3 rings (SSSR count). The van der Waals surface area contributed by atoms with Gasteiger partial charge in [-0.25, -0.2) is 12.8 Å². The second kappa shape index (κ2) is 6.68. The first-order chi connectivity index (χ1) is 11.5. The van der Waals surface area contributed by atoms with Crippen LogP contribution >= 0.6 is 0 Å². The maximum atomic E-state index is 13.0. The lowest BCUT2D eigenvalue weighted by atomic mass is 10.1. The summed E-state index contributed by atoms with van der Waals surface area (Å²) in [6.07, 6.45) is 4.14. The van der Waals surface area contributed by atoms with Crippen LogP contribution in [0, 0.1) is 5.82 Å². The molecule has 0 saturated carbocycles. The monoisotopic (exact) mass is 348 g/mol. The average molecular weight is 348 g/mol. The number of benzene rings is 1. The summed E-state index contributed by atoms with van der Waals surface area (Å²) < 4.78 is 38.5. The van der Waals surface area contributed by atoms with E-state index in [0.717, 1.165) is 12.1 Å². The highest BCUT2D eigenvalue weighted by atomic mass is 32.2. The van der Waals surface area contributed by atoms with Crippen LogP contribution in [0.2, 0.25) is 0 Å². The van der Waals surface area contributed by atoms with Gasteiger partial charge in [-0.2, -0.15) is 0 Å². The summed E-state index contributed by atoms with van der Waals surface area (Å²) >= 11 is 0. The van der Waals surface area contributed by atoms with Crippen molar-refractivity contribution in [2.45, 2.75) is 23.0 Å². The van der Waals surface area contributed by atoms with Crippen LogP contribution in [-0.4, -0.2) is 42.5 Å². The van der Waals surface area contributed by atoms with E-state index in [9.17, 15) is 17.6 Å². The van der Waals surface area contributed by atoms with E-state index in [-0.39, 0.29) is 17.3 Å². The summed E-state index contributed by atoms with van der Waals surface area (Å²) in [6.45, 7) is 0.649. The van der Waals surface area contributed by atoms with Crippen LogP contribution in [0.15, 0.2) is 53.7 Å². The lowest BCUT2D eigenvalue weighted by Gasteiger charge is -2.32. The lowest BCUT2D eigenvalue weighted by Crippen LogP contribution is -2.45. The van der Waals surface area contributed by atoms with Crippen molar-refractivity contribution in [2.75, 3.05) is 13.1 Å². The van der Waals surface area contributed by atoms with Crippen molar-refractivity contribution in [2.24, 2.45) is 0 Å². The number of rotatable bonds is 3. The van der Waals surface area contributed by atoms with E-state index >= 15 is 0 Å². The maximum Gasteiger partial charge on any atom is 0.255 e. The molecule has 1 amide bonds. The van der Waals surface area contributed by atoms with Crippen molar-refractivity contribution < 1.29 is 17.6 Å². The van der Waals surface area contributed by atoms with Crippen LogP contribution in [0.4, 0.5) is 4.39 Å². The van der Waals surface area contributed by atoms with Crippen LogP contribution in [0.1, 0.15) is 23.2 Å². The molecular weight excluding hydrogens is 331 g/mol. The fourth-order valence-electron chi connectivity index (χ4n) is 2.86. The molecule has 126 valence electrons. The largest absolute Gasteiger partial charge is 0.337 e. The van der Waals surface area contributed by atoms with Crippen molar-refractivity contribution in [1.29, 1.82) is 0 Å². The molecule has 1 fully saturated rings. The van der Waals surface area contributed by atoms with E-state index in [2.05, 4.69) is 4.98 Å². The zero-order chi connectivity index (χ0) is 17.2. The van der Waals surface area contributed by atoms with Gasteiger partial charge in [0.05, 0.1) is 15.7 Å². The van der Waals surface area contributed by atoms with Gasteiger partial charge in [0, 0.05) is 25.5 Å². The number of aromatic nitrogens is 1. The number of nitrogens with zero attached hydrogens (tertiary/aromatic N) is 2. The molecular formula is C17H17FN2O3S. The van der Waals surface area contributed by atoms with E-state index < -0.39 is 20.9 Å². The lowest BCUT2D eigenvalue weighted by molar-refractivity contribution is 0.0726. The SMILES string of the molecule is O=C(c1cccnc1)N1CCC[C@H](S(=O)(=O)c2ccc(F)cc2)C1. The molecule has 1 aromatic carbocycles. The summed E-state index contributed by atoms with van der Waals surface area (Å²) in [4.78, 5) is 18.1. The number of carbonyl (C=O) groups is 1. The third-order valence-electron chi connectivity index (χ3n) is 4.15. The normalized spacial score (nSPS) is 18.4. The Bertz CT molecular complexity index is 823. The van der Waals surface area contributed by atoms with Gasteiger partial charge in [-0.3, -0.25) is 9.78 Å². The molecule has 1 aliphatic heterocycles. The van der Waals surface area contributed by atoms with Gasteiger partial charge in [0.2, 0.25) is 0 Å². The minimum atomic E-state index is -3.60. The minimum Gasteiger partial charge on any atom is -0.337 e. The predicted octanol–water partition coefficient (Wildman–Crippen LogP) is 2.30. The van der Waals surface area contributed by atoms with E-state index in [4.69, 9.17) is 0 Å². The predicted molar refractivity (Wildman–Crippen MR) is 86.7 cm³/mol. The molecule has 1 aromatic heterocycles. The van der Waals surface area contributed by atoms with Crippen molar-refractivity contribution >= 4 is 15.7 Å². The Labute approximate surface area is 140 Å². The summed E-state index contributed by atoms with van der Waals surface area (Å²) in [5, 5.41) is -0.683. The van der Waals surface area contributed by atoms with Crippen molar-refractivity contribution in [1.82, 2.24) is 9.88 Å². The molecule has 0 unspecified atom stereocenters. The van der Waals surface area contributed by atoms with Gasteiger partial charge in [-0.1, -0.05) is 0 Å². The number of pyridine rings is 1. The Hall–Kier alpha value is -2.28. The number of sulfone groups is 1. The molecule has 0 aliphatic carbocycles. The Morgan fingerprint density at radius 3 is 2.62 bits per heavy atom. The standard InChI is InChI=1S/C17H17FN2O3S/c18-14-5-7-15(8-6-14)24(22,23)16-4-2-10-20(12-16)17(21)13-3-1-9-19-11-13/h1,3,5-9,11,16H,2,4,10,12H2/t16-/m0/s1. The first kappa shape index (κ1) is 16.6. The Balaban J connectivity index is 1.80. The van der Waals surface area contributed by atoms with Crippen molar-refractivity contribution in [3.63, 3.8) is 0 Å². The number of hydrogen-bond donors (Lipinski definition) is 0. The average Bonchev–Trinajstić information content (AvgIpc) is 2.62. The minimum absolute atomic E-state index is 0.0876. The number of carbonyl (C=O) groups excluding carboxylic acids is 1. The molecule has 5 nitrogen and oxygen atoms in total. The van der Waals surface area contributed by atoms with Gasteiger partial charge in [0.15, 0.2) is 9.84 Å². The molecule has 0 bridgehead atoms. The first-order valence-electron chi connectivity index (χ1n) is 7.67. The molecule has 2 heterocycles. The summed E-state index contributed by atoms with van der Waals surface area (Å²) in [7, 11) is -3.60. The van der Waals surface area contributed by atoms with Crippen molar-refractivity contribution in [3.05, 3.63) is 60.2 Å². The molecule has 1 atom stereocenters. The molecule has 0 spiro atoms. The van der Waals surface area contributed by atoms with Gasteiger partial charge in [-0.15, -0.1) is 0 Å². The first-order valence-corrected chi connectivity index (χ1v) is 9.22. The molecule has 1 saturated heterocycles. The van der Waals surface area contributed by atoms with E-state index in [1.165, 1.54) is 18.3 Å². The zero-order valence-electron chi connectivity index (χ0n) is 12.9. The Morgan fingerprint density at radius 1 is 1.21 bits per heavy atom. The van der Waals surface area contributed by atoms with Crippen LogP contribution in [-0.2, 0) is 9.84 Å². The highest BCUT2D eigenvalue weighted by molar-refractivity contribution is 7.92. The third-order valence-corrected chi connectivity index (χ3v) is 6.35. The summed E-state index contributed by atoms with van der Waals surface area (Å²) in [6, 6.07) is 8.14. The van der Waals surface area contributed by atoms with E-state index in [1.807, 2.05) is 0 Å². The topological polar surface area (TPSA) is 67.3 Å². The molecule has 7 heteroatoms. The molecule has 1 aliphatic rings. The summed E-state index contributed by atoms with van der Waals surface area (Å²) in [5.74, 6) is -0.701. The van der Waals surface area contributed by atoms with E-state index in [1.54, 1.807) is 23.2 Å². The van der Waals surface area contributed by atoms with Crippen molar-refractivity contribution in [3.8, 4) is 0 Å². The maximum absolute atomic E-state index is 13.0. The Kier molecular flexibility index (Phi) is 4.62. The van der Waals surface area contributed by atoms with Gasteiger partial charge in [0.1, 0.15) is 5.82 Å². The van der Waals surface area contributed by atoms with E-state index in [0.29, 0.717) is 24.9 Å². The van der Waals surface area contributed by atoms with Crippen LogP contribution in [0.5, 0.6) is 0 Å². The van der Waals surface area contributed by atoms with Gasteiger partial charge < -0.3 is 4.90 Å². The van der Waals surface area contributed by atoms with Gasteiger partial charge >= 0.3 is 0 Å². The number of amides is 1. The number of halogens is 1. The molecule has 24 heavy (non-hydrogen) atoms. The van der Waals surface area contributed by atoms with Crippen LogP contribution < -0.4 is 0 Å². The zero-order valence-corrected chi connectivity index (χ0v) is 13.7. The second-order valence-electron chi connectivity index (χ2n) is 5.76. The summed E-state index contributed by atoms with van der Waals surface area (Å²) in [5.41, 5.74) is 0.442. The highest BCUT2D eigenvalue weighted by Gasteiger charge is 2.34. The second-order valence-corrected chi connectivity index (χ2v) is 7.98. The third kappa shape index (κ3) is 3.31. The fourth-order valence-corrected chi connectivity index (χ4v) is 4.62. The van der Waals surface area contributed by atoms with Crippen LogP contribution in [0.3, 0.4) is 0 Å². The quantitative estimate of drug-likeness (QED) is 0.798.